The zero-order chi connectivity index (χ0) is 11.5. The van der Waals surface area contributed by atoms with Gasteiger partial charge in [0.15, 0.2) is 0 Å². The number of non-ortho nitro benzene ring substituents is 1. The summed E-state index contributed by atoms with van der Waals surface area (Å²) < 4.78 is 0. The van der Waals surface area contributed by atoms with Crippen LogP contribution in [-0.4, -0.2) is 17.2 Å². The van der Waals surface area contributed by atoms with Gasteiger partial charge in [0.1, 0.15) is 6.61 Å². The first-order valence-electron chi connectivity index (χ1n) is 4.79. The van der Waals surface area contributed by atoms with Gasteiger partial charge in [-0.2, -0.15) is 0 Å². The van der Waals surface area contributed by atoms with Gasteiger partial charge < -0.3 is 4.84 Å². The van der Waals surface area contributed by atoms with E-state index in [1.807, 2.05) is 13.0 Å². The van der Waals surface area contributed by atoms with Gasteiger partial charge in [0.25, 0.3) is 5.69 Å². The van der Waals surface area contributed by atoms with Crippen molar-refractivity contribution >= 4 is 17.5 Å². The first kappa shape index (κ1) is 10.4. The highest BCUT2D eigenvalue weighted by Crippen LogP contribution is 2.17. The number of nitro groups is 1. The lowest BCUT2D eigenvalue weighted by molar-refractivity contribution is -0.384. The summed E-state index contributed by atoms with van der Waals surface area (Å²) >= 11 is 0. The molecule has 1 aromatic carbocycles. The molecular weight excluding hydrogens is 208 g/mol. The van der Waals surface area contributed by atoms with Crippen molar-refractivity contribution in [2.24, 2.45) is 5.16 Å². The summed E-state index contributed by atoms with van der Waals surface area (Å²) in [5, 5.41) is 14.3. The molecule has 0 aliphatic carbocycles. The SMILES string of the molecule is CC1=NOC/C1=C\c1ccc([N+](=O)[O-])cc1. The Labute approximate surface area is 92.2 Å². The third-order valence-electron chi connectivity index (χ3n) is 2.33. The normalized spacial score (nSPS) is 17.1. The van der Waals surface area contributed by atoms with Crippen molar-refractivity contribution in [3.05, 3.63) is 45.5 Å². The van der Waals surface area contributed by atoms with E-state index in [2.05, 4.69) is 5.16 Å². The molecule has 5 nitrogen and oxygen atoms in total. The highest BCUT2D eigenvalue weighted by molar-refractivity contribution is 6.02. The maximum absolute atomic E-state index is 10.5. The summed E-state index contributed by atoms with van der Waals surface area (Å²) in [6.07, 6.45) is 1.91. The van der Waals surface area contributed by atoms with E-state index in [1.54, 1.807) is 12.1 Å². The summed E-state index contributed by atoms with van der Waals surface area (Å²) in [5.41, 5.74) is 2.84. The molecule has 0 radical (unpaired) electrons. The molecule has 0 saturated carbocycles. The lowest BCUT2D eigenvalue weighted by atomic mass is 10.1. The van der Waals surface area contributed by atoms with Crippen molar-refractivity contribution in [2.45, 2.75) is 6.92 Å². The monoisotopic (exact) mass is 218 g/mol. The highest BCUT2D eigenvalue weighted by Gasteiger charge is 2.10. The van der Waals surface area contributed by atoms with E-state index < -0.39 is 4.92 Å². The van der Waals surface area contributed by atoms with E-state index in [0.717, 1.165) is 16.8 Å². The molecule has 0 bridgehead atoms. The average molecular weight is 218 g/mol. The van der Waals surface area contributed by atoms with Crippen molar-refractivity contribution in [2.75, 3.05) is 6.61 Å². The first-order chi connectivity index (χ1) is 7.66. The minimum atomic E-state index is -0.414. The fourth-order valence-corrected chi connectivity index (χ4v) is 1.40. The largest absolute Gasteiger partial charge is 0.391 e. The lowest BCUT2D eigenvalue weighted by Gasteiger charge is -1.96. The molecule has 5 heteroatoms. The number of nitrogens with zero attached hydrogens (tertiary/aromatic N) is 2. The molecular formula is C11H10N2O3. The van der Waals surface area contributed by atoms with Gasteiger partial charge in [-0.05, 0) is 30.7 Å². The second kappa shape index (κ2) is 4.14. The average Bonchev–Trinajstić information content (AvgIpc) is 2.65. The summed E-state index contributed by atoms with van der Waals surface area (Å²) in [7, 11) is 0. The van der Waals surface area contributed by atoms with Crippen LogP contribution in [0.25, 0.3) is 6.08 Å². The minimum Gasteiger partial charge on any atom is -0.391 e. The molecule has 0 aromatic heterocycles. The summed E-state index contributed by atoms with van der Waals surface area (Å²) in [6.45, 7) is 2.33. The lowest BCUT2D eigenvalue weighted by Crippen LogP contribution is -1.93. The van der Waals surface area contributed by atoms with E-state index in [1.165, 1.54) is 12.1 Å². The fourth-order valence-electron chi connectivity index (χ4n) is 1.40. The smallest absolute Gasteiger partial charge is 0.269 e. The van der Waals surface area contributed by atoms with Gasteiger partial charge in [-0.1, -0.05) is 5.16 Å². The highest BCUT2D eigenvalue weighted by atomic mass is 16.6. The number of rotatable bonds is 2. The van der Waals surface area contributed by atoms with Gasteiger partial charge >= 0.3 is 0 Å². The van der Waals surface area contributed by atoms with E-state index in [9.17, 15) is 10.1 Å². The van der Waals surface area contributed by atoms with Crippen LogP contribution in [0.5, 0.6) is 0 Å². The van der Waals surface area contributed by atoms with E-state index in [0.29, 0.717) is 6.61 Å². The van der Waals surface area contributed by atoms with Crippen molar-refractivity contribution in [1.82, 2.24) is 0 Å². The summed E-state index contributed by atoms with van der Waals surface area (Å²) in [5.74, 6) is 0. The van der Waals surface area contributed by atoms with Crippen LogP contribution >= 0.6 is 0 Å². The Morgan fingerprint density at radius 1 is 1.44 bits per heavy atom. The zero-order valence-electron chi connectivity index (χ0n) is 8.71. The molecule has 2 rings (SSSR count). The molecule has 16 heavy (non-hydrogen) atoms. The van der Waals surface area contributed by atoms with Crippen molar-refractivity contribution in [3.8, 4) is 0 Å². The Hall–Kier alpha value is -2.17. The molecule has 0 unspecified atom stereocenters. The molecule has 0 fully saturated rings. The van der Waals surface area contributed by atoms with Gasteiger partial charge in [-0.25, -0.2) is 0 Å². The molecule has 0 N–H and O–H groups in total. The van der Waals surface area contributed by atoms with Crippen LogP contribution in [0.1, 0.15) is 12.5 Å². The molecule has 82 valence electrons. The molecule has 1 aliphatic heterocycles. The van der Waals surface area contributed by atoms with E-state index >= 15 is 0 Å². The van der Waals surface area contributed by atoms with Gasteiger partial charge in [-0.15, -0.1) is 0 Å². The second-order valence-electron chi connectivity index (χ2n) is 3.47. The van der Waals surface area contributed by atoms with Gasteiger partial charge in [-0.3, -0.25) is 10.1 Å². The van der Waals surface area contributed by atoms with Crippen LogP contribution in [0.15, 0.2) is 35.0 Å². The Morgan fingerprint density at radius 3 is 2.62 bits per heavy atom. The van der Waals surface area contributed by atoms with Crippen LogP contribution in [0, 0.1) is 10.1 Å². The maximum Gasteiger partial charge on any atom is 0.269 e. The van der Waals surface area contributed by atoms with Gasteiger partial charge in [0, 0.05) is 17.7 Å². The molecule has 0 atom stereocenters. The van der Waals surface area contributed by atoms with Crippen LogP contribution in [0.4, 0.5) is 5.69 Å². The number of nitro benzene ring substituents is 1. The van der Waals surface area contributed by atoms with Crippen molar-refractivity contribution < 1.29 is 9.76 Å². The third kappa shape index (κ3) is 2.08. The quantitative estimate of drug-likeness (QED) is 0.565. The fraction of sp³-hybridized carbons (Fsp3) is 0.182. The Kier molecular flexibility index (Phi) is 2.68. The Morgan fingerprint density at radius 2 is 2.12 bits per heavy atom. The number of oxime groups is 1. The third-order valence-corrected chi connectivity index (χ3v) is 2.33. The zero-order valence-corrected chi connectivity index (χ0v) is 8.71. The molecule has 1 aliphatic rings. The molecule has 1 heterocycles. The molecule has 0 amide bonds. The van der Waals surface area contributed by atoms with Crippen LogP contribution in [0.2, 0.25) is 0 Å². The molecule has 1 aromatic rings. The predicted molar refractivity (Wildman–Crippen MR) is 60.1 cm³/mol. The van der Waals surface area contributed by atoms with Crippen molar-refractivity contribution in [3.63, 3.8) is 0 Å². The molecule has 0 spiro atoms. The first-order valence-corrected chi connectivity index (χ1v) is 4.79. The predicted octanol–water partition coefficient (Wildman–Crippen LogP) is 2.38. The summed E-state index contributed by atoms with van der Waals surface area (Å²) in [6, 6.07) is 6.37. The topological polar surface area (TPSA) is 64.7 Å². The maximum atomic E-state index is 10.5. The van der Waals surface area contributed by atoms with Crippen LogP contribution in [-0.2, 0) is 4.84 Å². The summed E-state index contributed by atoms with van der Waals surface area (Å²) in [4.78, 5) is 15.0. The Balaban J connectivity index is 2.23. The second-order valence-corrected chi connectivity index (χ2v) is 3.47. The van der Waals surface area contributed by atoms with Gasteiger partial charge in [0.05, 0.1) is 10.6 Å². The number of benzene rings is 1. The van der Waals surface area contributed by atoms with E-state index in [-0.39, 0.29) is 5.69 Å². The van der Waals surface area contributed by atoms with Crippen LogP contribution < -0.4 is 0 Å². The van der Waals surface area contributed by atoms with Crippen LogP contribution in [0.3, 0.4) is 0 Å². The van der Waals surface area contributed by atoms with E-state index in [4.69, 9.17) is 4.84 Å². The minimum absolute atomic E-state index is 0.0928. The number of hydrogen-bond acceptors (Lipinski definition) is 4. The van der Waals surface area contributed by atoms with Gasteiger partial charge in [0.2, 0.25) is 0 Å². The van der Waals surface area contributed by atoms with Crippen molar-refractivity contribution in [1.29, 1.82) is 0 Å². The standard InChI is InChI=1S/C11H10N2O3/c1-8-10(7-16-12-8)6-9-2-4-11(5-3-9)13(14)15/h2-6H,7H2,1H3/b10-6+. The number of hydrogen-bond donors (Lipinski definition) is 0. The molecule has 0 saturated heterocycles. The Bertz CT molecular complexity index is 475.